The molecule has 0 spiro atoms. The van der Waals surface area contributed by atoms with E-state index in [2.05, 4.69) is 102 Å². The van der Waals surface area contributed by atoms with Crippen LogP contribution in [-0.4, -0.2) is 26.2 Å². The summed E-state index contributed by atoms with van der Waals surface area (Å²) in [5.41, 5.74) is 8.06. The molecule has 0 heterocycles. The van der Waals surface area contributed by atoms with Crippen molar-refractivity contribution in [3.8, 4) is 0 Å². The molecule has 0 N–H and O–H groups in total. The molecule has 0 aliphatic rings. The highest BCUT2D eigenvalue weighted by Crippen LogP contribution is 2.30. The van der Waals surface area contributed by atoms with Crippen LogP contribution in [0.4, 0.5) is 11.4 Å². The second kappa shape index (κ2) is 7.29. The molecule has 0 saturated carbocycles. The third-order valence-electron chi connectivity index (χ3n) is 5.50. The van der Waals surface area contributed by atoms with Gasteiger partial charge in [0.2, 0.25) is 0 Å². The third kappa shape index (κ3) is 3.43. The smallest absolute Gasteiger partial charge is 0.0459 e. The van der Waals surface area contributed by atoms with Crippen molar-refractivity contribution >= 4 is 11.4 Å². The molecule has 0 aliphatic heterocycles. The average Bonchev–Trinajstić information content (AvgIpc) is 2.52. The van der Waals surface area contributed by atoms with Crippen molar-refractivity contribution in [3.63, 3.8) is 0 Å². The maximum Gasteiger partial charge on any atom is 0.0459 e. The molecule has 2 rings (SSSR count). The number of benzene rings is 2. The van der Waals surface area contributed by atoms with Gasteiger partial charge in [-0.2, -0.15) is 0 Å². The zero-order chi connectivity index (χ0) is 18.0. The largest absolute Gasteiger partial charge is 0.369 e. The predicted molar refractivity (Wildman–Crippen MR) is 108 cm³/mol. The number of anilines is 2. The van der Waals surface area contributed by atoms with Gasteiger partial charge >= 0.3 is 0 Å². The minimum atomic E-state index is 0.397. The van der Waals surface area contributed by atoms with Crippen LogP contribution in [0.2, 0.25) is 0 Å². The first kappa shape index (κ1) is 18.4. The van der Waals surface area contributed by atoms with Crippen LogP contribution in [0.25, 0.3) is 0 Å². The third-order valence-corrected chi connectivity index (χ3v) is 5.50. The van der Waals surface area contributed by atoms with E-state index >= 15 is 0 Å². The Morgan fingerprint density at radius 1 is 0.583 bits per heavy atom. The molecule has 130 valence electrons. The Balaban J connectivity index is 2.30. The Kier molecular flexibility index (Phi) is 5.58. The molecule has 2 aromatic carbocycles. The van der Waals surface area contributed by atoms with E-state index in [-0.39, 0.29) is 0 Å². The highest BCUT2D eigenvalue weighted by molar-refractivity contribution is 5.61. The molecule has 2 aromatic rings. The van der Waals surface area contributed by atoms with Crippen LogP contribution in [0, 0.1) is 27.7 Å². The van der Waals surface area contributed by atoms with E-state index < -0.39 is 0 Å². The summed E-state index contributed by atoms with van der Waals surface area (Å²) >= 11 is 0. The van der Waals surface area contributed by atoms with Gasteiger partial charge < -0.3 is 9.80 Å². The summed E-state index contributed by atoms with van der Waals surface area (Å²) in [6, 6.07) is 13.9. The molecule has 2 atom stereocenters. The lowest BCUT2D eigenvalue weighted by Gasteiger charge is -2.40. The van der Waals surface area contributed by atoms with E-state index in [1.54, 1.807) is 0 Å². The number of nitrogens with zero attached hydrogens (tertiary/aromatic N) is 2. The van der Waals surface area contributed by atoms with Gasteiger partial charge in [0, 0.05) is 37.6 Å². The number of hydrogen-bond acceptors (Lipinski definition) is 2. The predicted octanol–water partition coefficient (Wildman–Crippen LogP) is 5.27. The van der Waals surface area contributed by atoms with Crippen LogP contribution in [0.5, 0.6) is 0 Å². The molecule has 0 bridgehead atoms. The lowest BCUT2D eigenvalue weighted by molar-refractivity contribution is 0.545. The fourth-order valence-corrected chi connectivity index (χ4v) is 3.78. The van der Waals surface area contributed by atoms with Crippen molar-refractivity contribution in [2.24, 2.45) is 0 Å². The minimum absolute atomic E-state index is 0.397. The number of aryl methyl sites for hydroxylation is 4. The van der Waals surface area contributed by atoms with E-state index in [0.29, 0.717) is 12.1 Å². The summed E-state index contributed by atoms with van der Waals surface area (Å²) in [7, 11) is 4.43. The molecule has 0 fully saturated rings. The molecular weight excluding hydrogens is 292 g/mol. The summed E-state index contributed by atoms with van der Waals surface area (Å²) in [6.45, 7) is 13.4. The molecule has 0 amide bonds. The van der Waals surface area contributed by atoms with Crippen molar-refractivity contribution < 1.29 is 0 Å². The standard InChI is InChI=1S/C22H32N2/c1-15-11-9-12-16(2)21(15)23(7)19(5)20(6)24(8)22-17(3)13-10-14-18(22)4/h9-14,19-20H,1-8H3. The lowest BCUT2D eigenvalue weighted by atomic mass is 10.0. The lowest BCUT2D eigenvalue weighted by Crippen LogP contribution is -2.47. The van der Waals surface area contributed by atoms with Crippen molar-refractivity contribution in [1.82, 2.24) is 0 Å². The number of para-hydroxylation sites is 2. The number of rotatable bonds is 5. The topological polar surface area (TPSA) is 6.48 Å². The first-order chi connectivity index (χ1) is 11.3. The Morgan fingerprint density at radius 2 is 0.833 bits per heavy atom. The Morgan fingerprint density at radius 3 is 1.08 bits per heavy atom. The highest BCUT2D eigenvalue weighted by Gasteiger charge is 2.24. The van der Waals surface area contributed by atoms with Gasteiger partial charge in [0.1, 0.15) is 0 Å². The van der Waals surface area contributed by atoms with Crippen LogP contribution >= 0.6 is 0 Å². The number of hydrogen-bond donors (Lipinski definition) is 0. The van der Waals surface area contributed by atoms with Gasteiger partial charge in [0.15, 0.2) is 0 Å². The Bertz CT molecular complexity index is 603. The van der Waals surface area contributed by atoms with E-state index in [1.165, 1.54) is 33.6 Å². The Hall–Kier alpha value is -1.96. The monoisotopic (exact) mass is 324 g/mol. The quantitative estimate of drug-likeness (QED) is 0.739. The van der Waals surface area contributed by atoms with Gasteiger partial charge in [0.25, 0.3) is 0 Å². The SMILES string of the molecule is Cc1cccc(C)c1N(C)C(C)C(C)N(C)c1c(C)cccc1C. The summed E-state index contributed by atoms with van der Waals surface area (Å²) in [5, 5.41) is 0. The number of likely N-dealkylation sites (N-methyl/N-ethyl adjacent to an activating group) is 2. The zero-order valence-electron chi connectivity index (χ0n) is 16.5. The maximum atomic E-state index is 2.43. The maximum absolute atomic E-state index is 2.43. The summed E-state index contributed by atoms with van der Waals surface area (Å²) in [4.78, 5) is 4.86. The van der Waals surface area contributed by atoms with Crippen molar-refractivity contribution in [2.45, 2.75) is 53.6 Å². The Labute approximate surface area is 148 Å². The van der Waals surface area contributed by atoms with Crippen LogP contribution in [0.1, 0.15) is 36.1 Å². The van der Waals surface area contributed by atoms with Crippen LogP contribution < -0.4 is 9.80 Å². The highest BCUT2D eigenvalue weighted by atomic mass is 15.2. The van der Waals surface area contributed by atoms with Crippen molar-refractivity contribution in [3.05, 3.63) is 58.7 Å². The second-order valence-electron chi connectivity index (χ2n) is 7.18. The fraction of sp³-hybridized carbons (Fsp3) is 0.455. The van der Waals surface area contributed by atoms with E-state index in [4.69, 9.17) is 0 Å². The molecule has 24 heavy (non-hydrogen) atoms. The normalized spacial score (nSPS) is 13.5. The van der Waals surface area contributed by atoms with Gasteiger partial charge in [-0.3, -0.25) is 0 Å². The molecule has 0 radical (unpaired) electrons. The van der Waals surface area contributed by atoms with Gasteiger partial charge in [-0.1, -0.05) is 36.4 Å². The summed E-state index contributed by atoms with van der Waals surface area (Å²) in [5.74, 6) is 0. The fourth-order valence-electron chi connectivity index (χ4n) is 3.78. The molecule has 0 aliphatic carbocycles. The second-order valence-corrected chi connectivity index (χ2v) is 7.18. The van der Waals surface area contributed by atoms with Crippen molar-refractivity contribution in [1.29, 1.82) is 0 Å². The van der Waals surface area contributed by atoms with E-state index in [0.717, 1.165) is 0 Å². The van der Waals surface area contributed by atoms with Crippen LogP contribution in [-0.2, 0) is 0 Å². The van der Waals surface area contributed by atoms with Gasteiger partial charge in [-0.25, -0.2) is 0 Å². The van der Waals surface area contributed by atoms with Crippen molar-refractivity contribution in [2.75, 3.05) is 23.9 Å². The van der Waals surface area contributed by atoms with Crippen LogP contribution in [0.15, 0.2) is 36.4 Å². The van der Waals surface area contributed by atoms with E-state index in [9.17, 15) is 0 Å². The molecular formula is C22H32N2. The summed E-state index contributed by atoms with van der Waals surface area (Å²) < 4.78 is 0. The first-order valence-corrected chi connectivity index (χ1v) is 8.83. The minimum Gasteiger partial charge on any atom is -0.369 e. The van der Waals surface area contributed by atoms with E-state index in [1.807, 2.05) is 0 Å². The molecule has 2 unspecified atom stereocenters. The molecule has 0 saturated heterocycles. The zero-order valence-corrected chi connectivity index (χ0v) is 16.5. The van der Waals surface area contributed by atoms with Gasteiger partial charge in [-0.15, -0.1) is 0 Å². The first-order valence-electron chi connectivity index (χ1n) is 8.83. The molecule has 0 aromatic heterocycles. The molecule has 2 heteroatoms. The average molecular weight is 325 g/mol. The summed E-state index contributed by atoms with van der Waals surface area (Å²) in [6.07, 6.45) is 0. The van der Waals surface area contributed by atoms with Gasteiger partial charge in [-0.05, 0) is 63.8 Å². The molecule has 2 nitrogen and oxygen atoms in total. The van der Waals surface area contributed by atoms with Gasteiger partial charge in [0.05, 0.1) is 0 Å². The van der Waals surface area contributed by atoms with Crippen LogP contribution in [0.3, 0.4) is 0 Å².